The quantitative estimate of drug-likeness (QED) is 0.275. The molecular formula is C41H47NO20. The van der Waals surface area contributed by atoms with Crippen LogP contribution >= 0.6 is 0 Å². The number of cyclic esters (lactones) is 1. The van der Waals surface area contributed by atoms with Gasteiger partial charge in [0.15, 0.2) is 35.6 Å². The number of carbonyl (C=O) groups excluding carboxylic acids is 8. The molecule has 0 radical (unpaired) electrons. The Morgan fingerprint density at radius 2 is 1.42 bits per heavy atom. The minimum atomic E-state index is -3.00. The molecule has 12 atom stereocenters. The van der Waals surface area contributed by atoms with Crippen LogP contribution in [0.4, 0.5) is 0 Å². The molecule has 21 heteroatoms. The summed E-state index contributed by atoms with van der Waals surface area (Å²) in [5.74, 6) is -10.7. The molecule has 2 saturated carbocycles. The zero-order valence-electron chi connectivity index (χ0n) is 35.0. The molecule has 2 aromatic heterocycles. The van der Waals surface area contributed by atoms with Crippen LogP contribution in [0.15, 0.2) is 41.3 Å². The van der Waals surface area contributed by atoms with Crippen LogP contribution < -0.4 is 0 Å². The summed E-state index contributed by atoms with van der Waals surface area (Å²) in [6, 6.07) is 3.99. The molecule has 4 bridgehead atoms. The molecule has 2 N–H and O–H groups in total. The van der Waals surface area contributed by atoms with Crippen LogP contribution in [0.2, 0.25) is 0 Å². The summed E-state index contributed by atoms with van der Waals surface area (Å²) < 4.78 is 59.6. The lowest BCUT2D eigenvalue weighted by atomic mass is 9.45. The largest absolute Gasteiger partial charge is 0.472 e. The number of rotatable bonds is 8. The van der Waals surface area contributed by atoms with Crippen LogP contribution in [0.1, 0.15) is 88.2 Å². The topological polar surface area (TPSA) is 286 Å². The number of aryl methyl sites for hydroxylation is 1. The summed E-state index contributed by atoms with van der Waals surface area (Å²) >= 11 is 0. The summed E-state index contributed by atoms with van der Waals surface area (Å²) in [7, 11) is 0. The van der Waals surface area contributed by atoms with Crippen LogP contribution in [0.5, 0.6) is 0 Å². The number of ether oxygens (including phenoxy) is 9. The van der Waals surface area contributed by atoms with Gasteiger partial charge >= 0.3 is 47.8 Å². The van der Waals surface area contributed by atoms with E-state index in [-0.39, 0.29) is 23.2 Å². The number of carbonyl (C=O) groups is 8. The van der Waals surface area contributed by atoms with Crippen LogP contribution in [-0.4, -0.2) is 135 Å². The SMILES string of the molecule is CC(=O)OC[C@]12[C@H](OC(C)=O)[C@H](OC(C)=O)[C@H]3[C@@H](OC(C)=O)[C@@]14O[C@@]3(C)COC(=O)c1cccnc1CC[C@@](C)(O)C(=O)O[C@@H]([C@H](OC(=O)c1ccoc1)[C@@H]2OC(C)=O)[C@]4(C)O. The molecule has 2 aliphatic carbocycles. The summed E-state index contributed by atoms with van der Waals surface area (Å²) in [6.45, 7) is 6.25. The molecule has 2 aromatic rings. The van der Waals surface area contributed by atoms with Crippen molar-refractivity contribution in [3.63, 3.8) is 0 Å². The van der Waals surface area contributed by atoms with E-state index in [0.717, 1.165) is 61.0 Å². The third-order valence-electron chi connectivity index (χ3n) is 11.9. The first-order chi connectivity index (χ1) is 28.9. The van der Waals surface area contributed by atoms with Gasteiger partial charge in [-0.3, -0.25) is 29.0 Å². The Bertz CT molecular complexity index is 2150. The number of furan rings is 1. The normalized spacial score (nSPS) is 36.3. The van der Waals surface area contributed by atoms with Gasteiger partial charge in [-0.2, -0.15) is 0 Å². The summed E-state index contributed by atoms with van der Waals surface area (Å²) in [4.78, 5) is 113. The van der Waals surface area contributed by atoms with Crippen molar-refractivity contribution in [3.8, 4) is 0 Å². The number of esters is 8. The van der Waals surface area contributed by atoms with Crippen molar-refractivity contribution in [3.05, 3.63) is 53.7 Å². The van der Waals surface area contributed by atoms with E-state index in [1.165, 1.54) is 31.3 Å². The fourth-order valence-electron chi connectivity index (χ4n) is 9.53. The third kappa shape index (κ3) is 7.54. The fraction of sp³-hybridized carbons (Fsp3) is 0.585. The first-order valence-electron chi connectivity index (χ1n) is 19.5. The molecule has 0 unspecified atom stereocenters. The molecule has 1 spiro atoms. The van der Waals surface area contributed by atoms with Crippen LogP contribution in [0, 0.1) is 11.3 Å². The van der Waals surface area contributed by atoms with Gasteiger partial charge in [0.25, 0.3) is 0 Å². The van der Waals surface area contributed by atoms with Gasteiger partial charge in [-0.15, -0.1) is 0 Å². The standard InChI is InChI=1S/C41H47NO20/c1-19(43)54-18-40-32(58-22(4)46)28(56-20(2)44)27-30(57-21(3)45)41(40)39(8,52)31(29(33(40)59-23(5)47)60-34(48)24-12-15-53-16-24)61-36(50)37(6,51)13-11-26-25(10-9-14-42-26)35(49)55-17-38(27,7)62-41/h9-10,12,14-16,27-33,51-52H,11,13,17-18H2,1-8H3/t27-,28+,29-,30+,31-,32+,33-,37+,38-,39-,40+,41-/m0/s1. The monoisotopic (exact) mass is 873 g/mol. The van der Waals surface area contributed by atoms with E-state index in [2.05, 4.69) is 4.98 Å². The third-order valence-corrected chi connectivity index (χ3v) is 11.9. The molecule has 4 aliphatic rings. The Labute approximate surface area is 353 Å². The number of fused-ring (bicyclic) bond motifs is 5. The van der Waals surface area contributed by atoms with Crippen molar-refractivity contribution in [2.75, 3.05) is 13.2 Å². The van der Waals surface area contributed by atoms with Gasteiger partial charge in [-0.1, -0.05) is 0 Å². The molecule has 1 saturated heterocycles. The van der Waals surface area contributed by atoms with Crippen LogP contribution in [0.3, 0.4) is 0 Å². The van der Waals surface area contributed by atoms with E-state index in [9.17, 15) is 48.6 Å². The highest BCUT2D eigenvalue weighted by Crippen LogP contribution is 2.70. The van der Waals surface area contributed by atoms with Crippen molar-refractivity contribution in [1.82, 2.24) is 4.98 Å². The van der Waals surface area contributed by atoms with E-state index >= 15 is 0 Å². The maximum atomic E-state index is 14.4. The fourth-order valence-corrected chi connectivity index (χ4v) is 9.53. The molecule has 3 fully saturated rings. The number of hydrogen-bond acceptors (Lipinski definition) is 21. The number of hydrogen-bond donors (Lipinski definition) is 2. The lowest BCUT2D eigenvalue weighted by Gasteiger charge is -2.67. The smallest absolute Gasteiger partial charge is 0.341 e. The zero-order valence-corrected chi connectivity index (χ0v) is 35.0. The second-order valence-electron chi connectivity index (χ2n) is 16.4. The van der Waals surface area contributed by atoms with Gasteiger partial charge in [-0.05, 0) is 51.8 Å². The van der Waals surface area contributed by atoms with Crippen molar-refractivity contribution in [1.29, 1.82) is 0 Å². The molecule has 21 nitrogen and oxygen atoms in total. The first-order valence-corrected chi connectivity index (χ1v) is 19.5. The molecular weight excluding hydrogens is 826 g/mol. The first kappa shape index (κ1) is 45.6. The Kier molecular flexibility index (Phi) is 12.1. The van der Waals surface area contributed by atoms with Crippen molar-refractivity contribution in [2.45, 2.75) is 127 Å². The summed E-state index contributed by atoms with van der Waals surface area (Å²) in [5.41, 5.74) is -13.5. The molecule has 62 heavy (non-hydrogen) atoms. The number of pyridine rings is 1. The Hall–Kier alpha value is -5.93. The van der Waals surface area contributed by atoms with E-state index in [0.29, 0.717) is 0 Å². The Morgan fingerprint density at radius 3 is 2.00 bits per heavy atom. The molecule has 2 aliphatic heterocycles. The van der Waals surface area contributed by atoms with Crippen molar-refractivity contribution in [2.24, 2.45) is 11.3 Å². The number of nitrogens with zero attached hydrogens (tertiary/aromatic N) is 1. The van der Waals surface area contributed by atoms with E-state index in [4.69, 9.17) is 47.0 Å². The maximum Gasteiger partial charge on any atom is 0.341 e. The average molecular weight is 874 g/mol. The minimum Gasteiger partial charge on any atom is -0.472 e. The highest BCUT2D eigenvalue weighted by Gasteiger charge is 2.92. The number of aliphatic hydroxyl groups is 2. The second-order valence-corrected chi connectivity index (χ2v) is 16.4. The molecule has 0 aromatic carbocycles. The predicted molar refractivity (Wildman–Crippen MR) is 199 cm³/mol. The van der Waals surface area contributed by atoms with Crippen molar-refractivity contribution < 1.29 is 95.6 Å². The molecule has 336 valence electrons. The van der Waals surface area contributed by atoms with Gasteiger partial charge in [0.05, 0.1) is 29.0 Å². The van der Waals surface area contributed by atoms with Crippen LogP contribution in [0.25, 0.3) is 0 Å². The molecule has 0 amide bonds. The zero-order chi connectivity index (χ0) is 45.7. The lowest BCUT2D eigenvalue weighted by Crippen LogP contribution is -2.89. The minimum absolute atomic E-state index is 0.0776. The summed E-state index contributed by atoms with van der Waals surface area (Å²) in [6.07, 6.45) is -10.1. The van der Waals surface area contributed by atoms with Gasteiger partial charge in [0.1, 0.15) is 48.3 Å². The van der Waals surface area contributed by atoms with Crippen molar-refractivity contribution >= 4 is 47.8 Å². The predicted octanol–water partition coefficient (Wildman–Crippen LogP) is 0.864. The highest BCUT2D eigenvalue weighted by atomic mass is 16.7. The van der Waals surface area contributed by atoms with E-state index in [1.807, 2.05) is 0 Å². The Morgan fingerprint density at radius 1 is 0.806 bits per heavy atom. The van der Waals surface area contributed by atoms with Gasteiger partial charge < -0.3 is 57.3 Å². The van der Waals surface area contributed by atoms with Crippen LogP contribution in [-0.2, 0) is 77.8 Å². The summed E-state index contributed by atoms with van der Waals surface area (Å²) in [5, 5.41) is 25.3. The average Bonchev–Trinajstić information content (AvgIpc) is 3.79. The lowest BCUT2D eigenvalue weighted by molar-refractivity contribution is -0.386. The van der Waals surface area contributed by atoms with E-state index < -0.39 is 138 Å². The Balaban J connectivity index is 1.79. The van der Waals surface area contributed by atoms with Gasteiger partial charge in [0.2, 0.25) is 0 Å². The molecule has 6 rings (SSSR count). The van der Waals surface area contributed by atoms with Gasteiger partial charge in [0, 0.05) is 40.8 Å². The van der Waals surface area contributed by atoms with E-state index in [1.54, 1.807) is 0 Å². The van der Waals surface area contributed by atoms with Gasteiger partial charge in [-0.25, -0.2) is 14.4 Å². The number of aromatic nitrogens is 1. The maximum absolute atomic E-state index is 14.4. The second kappa shape index (κ2) is 16.4. The molecule has 4 heterocycles. The highest BCUT2D eigenvalue weighted by molar-refractivity contribution is 5.91.